The van der Waals surface area contributed by atoms with Crippen molar-refractivity contribution in [2.24, 2.45) is 46.3 Å². The van der Waals surface area contributed by atoms with Crippen molar-refractivity contribution in [1.82, 2.24) is 0 Å². The molecule has 6 atom stereocenters. The van der Waals surface area contributed by atoms with Gasteiger partial charge < -0.3 is 0 Å². The first-order valence-corrected chi connectivity index (χ1v) is 31.2. The van der Waals surface area contributed by atoms with E-state index in [0.717, 1.165) is 35.5 Å². The van der Waals surface area contributed by atoms with Crippen LogP contribution < -0.4 is 0 Å². The molecule has 0 N–H and O–H groups in total. The number of hydrogen-bond donors (Lipinski definition) is 0. The first kappa shape index (κ1) is 37.6. The van der Waals surface area contributed by atoms with Crippen LogP contribution >= 0.6 is 17.0 Å². The molecule has 10 aliphatic rings. The summed E-state index contributed by atoms with van der Waals surface area (Å²) >= 11 is -0.826. The van der Waals surface area contributed by atoms with E-state index in [4.69, 9.17) is 17.0 Å². The summed E-state index contributed by atoms with van der Waals surface area (Å²) in [7, 11) is 7.21. The molecule has 47 heavy (non-hydrogen) atoms. The second kappa shape index (κ2) is 14.7. The van der Waals surface area contributed by atoms with Crippen molar-refractivity contribution in [3.63, 3.8) is 0 Å². The molecule has 8 saturated carbocycles. The fourth-order valence-corrected chi connectivity index (χ4v) is 17.3. The average Bonchev–Trinajstić information content (AvgIpc) is 3.67. The Bertz CT molecular complexity index is 1080. The van der Waals surface area contributed by atoms with Crippen LogP contribution in [0, 0.1) is 107 Å². The van der Waals surface area contributed by atoms with Gasteiger partial charge in [-0.15, -0.1) is 0 Å². The third kappa shape index (κ3) is 7.67. The maximum absolute atomic E-state index is 4.93. The second-order valence-electron chi connectivity index (χ2n) is 18.4. The first-order valence-electron chi connectivity index (χ1n) is 18.5. The Morgan fingerprint density at radius 2 is 0.872 bits per heavy atom. The first-order chi connectivity index (χ1) is 22.2. The molecule has 8 fully saturated rings. The molecule has 10 rings (SSSR count). The van der Waals surface area contributed by atoms with Crippen LogP contribution in [0.1, 0.15) is 66.2 Å². The van der Waals surface area contributed by atoms with Crippen LogP contribution in [-0.4, -0.2) is 16.1 Å². The molecule has 0 aromatic carbocycles. The van der Waals surface area contributed by atoms with Gasteiger partial charge in [0.15, 0.2) is 0 Å². The Hall–Kier alpha value is 0.857. The van der Waals surface area contributed by atoms with Crippen LogP contribution in [0.15, 0.2) is 48.6 Å². The Morgan fingerprint density at radius 1 is 0.574 bits per heavy atom. The fraction of sp³-hybridized carbons (Fsp3) is 0.571. The quantitative estimate of drug-likeness (QED) is 0.236. The van der Waals surface area contributed by atoms with E-state index in [2.05, 4.69) is 128 Å². The normalized spacial score (nSPS) is 35.9. The van der Waals surface area contributed by atoms with Gasteiger partial charge in [-0.25, -0.2) is 0 Å². The fourth-order valence-electron chi connectivity index (χ4n) is 11.0. The van der Waals surface area contributed by atoms with E-state index in [1.165, 1.54) is 74.3 Å². The van der Waals surface area contributed by atoms with E-state index < -0.39 is 37.0 Å². The topological polar surface area (TPSA) is 0 Å². The van der Waals surface area contributed by atoms with Gasteiger partial charge in [0.05, 0.1) is 16.1 Å². The van der Waals surface area contributed by atoms with Crippen molar-refractivity contribution in [2.45, 2.75) is 104 Å². The Balaban J connectivity index is 0.000000152. The van der Waals surface area contributed by atoms with E-state index in [1.54, 1.807) is 11.1 Å². The number of fused-ring (bicyclic) bond motifs is 6. The average molecular weight is 781 g/mol. The maximum atomic E-state index is 4.93. The molecule has 10 aliphatic carbocycles. The zero-order valence-electron chi connectivity index (χ0n) is 30.3. The van der Waals surface area contributed by atoms with Crippen molar-refractivity contribution in [1.29, 1.82) is 0 Å². The zero-order valence-corrected chi connectivity index (χ0v) is 36.3. The van der Waals surface area contributed by atoms with Crippen LogP contribution in [0.3, 0.4) is 0 Å². The molecule has 0 amide bonds. The molecule has 10 radical (unpaired) electrons. The standard InChI is InChI=1S/2C21H29Si.2ClH.Zr/c2*1-21(2)18-10-9-17(20(21)13-18)14-22(3,4)19-11-15-7-5-6-8-16(15)12-19;;;/h2*5-8,11-12,17-18,20H,9-10,13-14H2,1-4H3;2*1H;/q;;;;+4/p-2/t2*17-,18+,20+;;;/m11.../s1. The number of halogens is 2. The van der Waals surface area contributed by atoms with Crippen molar-refractivity contribution >= 4 is 33.2 Å². The molecule has 0 aliphatic heterocycles. The Morgan fingerprint density at radius 3 is 1.13 bits per heavy atom. The van der Waals surface area contributed by atoms with Gasteiger partial charge in [-0.05, 0) is 109 Å². The predicted octanol–water partition coefficient (Wildman–Crippen LogP) is 12.5. The number of rotatable bonds is 6. The van der Waals surface area contributed by atoms with Gasteiger partial charge in [0.1, 0.15) is 0 Å². The predicted molar refractivity (Wildman–Crippen MR) is 206 cm³/mol. The summed E-state index contributed by atoms with van der Waals surface area (Å²) in [5, 5.41) is 0. The van der Waals surface area contributed by atoms with E-state index in [-0.39, 0.29) is 0 Å². The molecular formula is C42H58Cl2Si2Zr+2. The van der Waals surface area contributed by atoms with E-state index >= 15 is 0 Å². The minimum absolute atomic E-state index is 0.629. The van der Waals surface area contributed by atoms with Crippen LogP contribution in [0.5, 0.6) is 0 Å². The van der Waals surface area contributed by atoms with Gasteiger partial charge in [0, 0.05) is 23.7 Å². The molecule has 0 aromatic rings. The summed E-state index contributed by atoms with van der Waals surface area (Å²) in [6.07, 6.45) is 36.7. The number of hydrogen-bond acceptors (Lipinski definition) is 0. The van der Waals surface area contributed by atoms with Gasteiger partial charge >= 0.3 is 37.9 Å². The van der Waals surface area contributed by atoms with Gasteiger partial charge in [-0.1, -0.05) is 127 Å². The Kier molecular flexibility index (Phi) is 11.8. The SMILES string of the molecule is CC1(C)[C@H]2CC[C@H](C[Si](C)(C)[C]3[CH][C]4C=CC=C[C]4[CH]3)[C@@H]1C2.CC1(C)[C@H]2CC[C@H](C[Si](C)(C)[C]3[CH][C]4C=CC=C[C]4[CH]3)[C@@H]1C2.[Cl][Zr+2][Cl]. The van der Waals surface area contributed by atoms with Gasteiger partial charge in [0.2, 0.25) is 0 Å². The summed E-state index contributed by atoms with van der Waals surface area (Å²) in [6, 6.07) is 2.98. The van der Waals surface area contributed by atoms with Crippen LogP contribution in [0.4, 0.5) is 0 Å². The zero-order chi connectivity index (χ0) is 33.8. The molecule has 0 spiro atoms. The van der Waals surface area contributed by atoms with Crippen LogP contribution in [-0.2, 0) is 20.8 Å². The molecule has 0 heterocycles. The van der Waals surface area contributed by atoms with Gasteiger partial charge in [0.25, 0.3) is 0 Å². The van der Waals surface area contributed by atoms with Crippen molar-refractivity contribution < 1.29 is 20.8 Å². The second-order valence-corrected chi connectivity index (χ2v) is 31.6. The molecular weight excluding hydrogens is 723 g/mol. The van der Waals surface area contributed by atoms with Crippen molar-refractivity contribution in [3.8, 4) is 0 Å². The van der Waals surface area contributed by atoms with Crippen LogP contribution in [0.25, 0.3) is 0 Å². The molecule has 4 bridgehead atoms. The van der Waals surface area contributed by atoms with Crippen LogP contribution in [0.2, 0.25) is 38.3 Å². The molecule has 5 heteroatoms. The summed E-state index contributed by atoms with van der Waals surface area (Å²) in [5.74, 6) is 11.8. The summed E-state index contributed by atoms with van der Waals surface area (Å²) in [5.41, 5.74) is 4.61. The molecule has 0 aromatic heterocycles. The minimum atomic E-state index is -1.33. The Labute approximate surface area is 311 Å². The number of allylic oxidation sites excluding steroid dienone is 8. The molecule has 0 nitrogen and oxygen atoms in total. The summed E-state index contributed by atoms with van der Waals surface area (Å²) in [4.78, 5) is 0. The van der Waals surface area contributed by atoms with Crippen molar-refractivity contribution in [2.75, 3.05) is 0 Å². The third-order valence-corrected chi connectivity index (χ3v) is 21.1. The summed E-state index contributed by atoms with van der Waals surface area (Å²) < 4.78 is 0. The molecule has 0 saturated heterocycles. The summed E-state index contributed by atoms with van der Waals surface area (Å²) in [6.45, 7) is 20.5. The van der Waals surface area contributed by atoms with Gasteiger partial charge in [-0.3, -0.25) is 0 Å². The van der Waals surface area contributed by atoms with Crippen molar-refractivity contribution in [3.05, 3.63) is 109 Å². The van der Waals surface area contributed by atoms with E-state index in [0.29, 0.717) is 10.8 Å². The molecule has 250 valence electrons. The third-order valence-electron chi connectivity index (χ3n) is 14.3. The molecule has 0 unspecified atom stereocenters. The monoisotopic (exact) mass is 778 g/mol. The van der Waals surface area contributed by atoms with Gasteiger partial charge in [-0.2, -0.15) is 0 Å². The van der Waals surface area contributed by atoms with E-state index in [9.17, 15) is 0 Å². The van der Waals surface area contributed by atoms with E-state index in [1.807, 2.05) is 0 Å².